The smallest absolute Gasteiger partial charge is 0.251 e. The molecular formula is C25H26N6O3. The Morgan fingerprint density at radius 2 is 1.85 bits per heavy atom. The van der Waals surface area contributed by atoms with Crippen molar-refractivity contribution >= 4 is 23.2 Å². The van der Waals surface area contributed by atoms with Crippen LogP contribution in [0, 0.1) is 0 Å². The number of rotatable bonds is 7. The van der Waals surface area contributed by atoms with Crippen LogP contribution in [0.3, 0.4) is 0 Å². The fourth-order valence-corrected chi connectivity index (χ4v) is 3.74. The molecule has 0 saturated carbocycles. The van der Waals surface area contributed by atoms with Gasteiger partial charge in [-0.15, -0.1) is 5.10 Å². The third kappa shape index (κ3) is 4.65. The predicted octanol–water partition coefficient (Wildman–Crippen LogP) is 3.20. The molecule has 34 heavy (non-hydrogen) atoms. The minimum Gasteiger partial charge on any atom is -0.486 e. The Morgan fingerprint density at radius 1 is 1.03 bits per heavy atom. The van der Waals surface area contributed by atoms with Gasteiger partial charge in [0.25, 0.3) is 5.91 Å². The van der Waals surface area contributed by atoms with E-state index in [1.807, 2.05) is 67.5 Å². The molecule has 9 heteroatoms. The molecule has 0 bridgehead atoms. The van der Waals surface area contributed by atoms with Gasteiger partial charge in [0.2, 0.25) is 5.95 Å². The first-order valence-electron chi connectivity index (χ1n) is 11.1. The number of amides is 1. The molecule has 0 spiro atoms. The number of likely N-dealkylation sites (N-methyl/N-ethyl adjacent to an activating group) is 1. The number of ether oxygens (including phenoxy) is 2. The summed E-state index contributed by atoms with van der Waals surface area (Å²) >= 11 is 0. The van der Waals surface area contributed by atoms with Crippen LogP contribution in [0.1, 0.15) is 10.4 Å². The second-order valence-corrected chi connectivity index (χ2v) is 8.24. The third-order valence-corrected chi connectivity index (χ3v) is 5.42. The van der Waals surface area contributed by atoms with Gasteiger partial charge in [-0.05, 0) is 62.6 Å². The van der Waals surface area contributed by atoms with Gasteiger partial charge >= 0.3 is 0 Å². The summed E-state index contributed by atoms with van der Waals surface area (Å²) in [5, 5.41) is 10.8. The lowest BCUT2D eigenvalue weighted by atomic mass is 10.1. The van der Waals surface area contributed by atoms with E-state index in [4.69, 9.17) is 9.47 Å². The van der Waals surface area contributed by atoms with E-state index in [1.54, 1.807) is 16.6 Å². The average Bonchev–Trinajstić information content (AvgIpc) is 3.26. The van der Waals surface area contributed by atoms with Gasteiger partial charge in [-0.2, -0.15) is 4.98 Å². The van der Waals surface area contributed by atoms with Crippen molar-refractivity contribution in [1.29, 1.82) is 0 Å². The molecule has 2 N–H and O–H groups in total. The van der Waals surface area contributed by atoms with Gasteiger partial charge in [0.1, 0.15) is 13.2 Å². The lowest BCUT2D eigenvalue weighted by Crippen LogP contribution is -2.31. The van der Waals surface area contributed by atoms with Gasteiger partial charge in [-0.25, -0.2) is 4.52 Å². The van der Waals surface area contributed by atoms with E-state index < -0.39 is 0 Å². The van der Waals surface area contributed by atoms with Gasteiger partial charge in [-0.1, -0.05) is 12.1 Å². The first-order valence-corrected chi connectivity index (χ1v) is 11.1. The van der Waals surface area contributed by atoms with E-state index in [-0.39, 0.29) is 5.91 Å². The molecule has 0 radical (unpaired) electrons. The molecule has 5 rings (SSSR count). The first kappa shape index (κ1) is 21.7. The SMILES string of the molecule is CN(C)CCNC(=O)c1cccc(Nc2nc3cccc(-c4ccc5c(c4)OCCO5)n3n2)c1. The lowest BCUT2D eigenvalue weighted by Gasteiger charge is -2.19. The number of nitrogens with zero attached hydrogens (tertiary/aromatic N) is 4. The molecular weight excluding hydrogens is 432 g/mol. The molecule has 4 aromatic rings. The van der Waals surface area contributed by atoms with Gasteiger partial charge in [-0.3, -0.25) is 4.79 Å². The van der Waals surface area contributed by atoms with E-state index in [0.717, 1.165) is 35.0 Å². The van der Waals surface area contributed by atoms with Crippen LogP contribution in [0.4, 0.5) is 11.6 Å². The van der Waals surface area contributed by atoms with E-state index >= 15 is 0 Å². The molecule has 0 atom stereocenters. The van der Waals surface area contributed by atoms with Crippen LogP contribution in [0.2, 0.25) is 0 Å². The summed E-state index contributed by atoms with van der Waals surface area (Å²) in [5.41, 5.74) is 3.83. The zero-order valence-electron chi connectivity index (χ0n) is 19.1. The number of fused-ring (bicyclic) bond motifs is 2. The second kappa shape index (κ2) is 9.40. The molecule has 1 aliphatic rings. The molecule has 3 heterocycles. The molecule has 0 unspecified atom stereocenters. The largest absolute Gasteiger partial charge is 0.486 e. The van der Waals surface area contributed by atoms with Crippen molar-refractivity contribution in [3.63, 3.8) is 0 Å². The number of pyridine rings is 1. The molecule has 0 saturated heterocycles. The van der Waals surface area contributed by atoms with Gasteiger partial charge < -0.3 is 25.0 Å². The van der Waals surface area contributed by atoms with Crippen molar-refractivity contribution in [1.82, 2.24) is 24.8 Å². The number of carbonyl (C=O) groups is 1. The Kier molecular flexibility index (Phi) is 6.01. The topological polar surface area (TPSA) is 93.0 Å². The average molecular weight is 459 g/mol. The van der Waals surface area contributed by atoms with Gasteiger partial charge in [0, 0.05) is 29.9 Å². The Morgan fingerprint density at radius 3 is 2.71 bits per heavy atom. The summed E-state index contributed by atoms with van der Waals surface area (Å²) in [6.07, 6.45) is 0. The maximum Gasteiger partial charge on any atom is 0.251 e. The maximum absolute atomic E-state index is 12.5. The fourth-order valence-electron chi connectivity index (χ4n) is 3.74. The van der Waals surface area contributed by atoms with Crippen LogP contribution < -0.4 is 20.1 Å². The maximum atomic E-state index is 12.5. The van der Waals surface area contributed by atoms with E-state index in [1.165, 1.54) is 0 Å². The highest BCUT2D eigenvalue weighted by Gasteiger charge is 2.15. The number of benzene rings is 2. The minimum atomic E-state index is -0.116. The third-order valence-electron chi connectivity index (χ3n) is 5.42. The van der Waals surface area contributed by atoms with E-state index in [2.05, 4.69) is 20.7 Å². The van der Waals surface area contributed by atoms with Crippen molar-refractivity contribution in [3.8, 4) is 22.8 Å². The number of hydrogen-bond donors (Lipinski definition) is 2. The molecule has 2 aromatic heterocycles. The Hall–Kier alpha value is -4.11. The quantitative estimate of drug-likeness (QED) is 0.439. The summed E-state index contributed by atoms with van der Waals surface area (Å²) in [4.78, 5) is 19.1. The zero-order valence-corrected chi connectivity index (χ0v) is 19.1. The molecule has 0 aliphatic carbocycles. The molecule has 174 valence electrons. The van der Waals surface area contributed by atoms with E-state index in [0.29, 0.717) is 36.9 Å². The molecule has 2 aromatic carbocycles. The van der Waals surface area contributed by atoms with Crippen LogP contribution in [-0.2, 0) is 0 Å². The van der Waals surface area contributed by atoms with Gasteiger partial charge in [0.15, 0.2) is 17.1 Å². The van der Waals surface area contributed by atoms with Crippen molar-refractivity contribution in [2.24, 2.45) is 0 Å². The fraction of sp³-hybridized carbons (Fsp3) is 0.240. The number of nitrogens with one attached hydrogen (secondary N) is 2. The number of hydrogen-bond acceptors (Lipinski definition) is 7. The van der Waals surface area contributed by atoms with Crippen LogP contribution in [0.25, 0.3) is 16.9 Å². The highest BCUT2D eigenvalue weighted by molar-refractivity contribution is 5.95. The van der Waals surface area contributed by atoms with Crippen LogP contribution in [0.5, 0.6) is 11.5 Å². The van der Waals surface area contributed by atoms with Crippen molar-refractivity contribution in [2.45, 2.75) is 0 Å². The summed E-state index contributed by atoms with van der Waals surface area (Å²) in [5.74, 6) is 1.79. The lowest BCUT2D eigenvalue weighted by molar-refractivity contribution is 0.0951. The number of anilines is 2. The van der Waals surface area contributed by atoms with E-state index in [9.17, 15) is 4.79 Å². The molecule has 1 amide bonds. The minimum absolute atomic E-state index is 0.116. The molecule has 0 fully saturated rings. The van der Waals surface area contributed by atoms with Crippen LogP contribution in [-0.4, -0.2) is 65.8 Å². The summed E-state index contributed by atoms with van der Waals surface area (Å²) in [6.45, 7) is 2.45. The summed E-state index contributed by atoms with van der Waals surface area (Å²) in [7, 11) is 3.94. The Labute approximate surface area is 197 Å². The number of aromatic nitrogens is 3. The first-order chi connectivity index (χ1) is 16.6. The van der Waals surface area contributed by atoms with Crippen LogP contribution >= 0.6 is 0 Å². The zero-order chi connectivity index (χ0) is 23.5. The second-order valence-electron chi connectivity index (χ2n) is 8.24. The standard InChI is InChI=1S/C25H26N6O3/c1-30(2)12-11-26-24(32)18-5-3-6-19(15-18)27-25-28-23-8-4-7-20(31(23)29-25)17-9-10-21-22(16-17)34-14-13-33-21/h3-10,15-16H,11-14H2,1-2H3,(H,26,32)(H,27,29). The molecule has 1 aliphatic heterocycles. The highest BCUT2D eigenvalue weighted by Crippen LogP contribution is 2.34. The van der Waals surface area contributed by atoms with Crippen molar-refractivity contribution < 1.29 is 14.3 Å². The number of carbonyl (C=O) groups excluding carboxylic acids is 1. The summed E-state index contributed by atoms with van der Waals surface area (Å²) in [6, 6.07) is 19.0. The van der Waals surface area contributed by atoms with Crippen molar-refractivity contribution in [2.75, 3.05) is 45.7 Å². The monoisotopic (exact) mass is 458 g/mol. The van der Waals surface area contributed by atoms with Crippen LogP contribution in [0.15, 0.2) is 60.7 Å². The normalized spacial score (nSPS) is 12.7. The molecule has 9 nitrogen and oxygen atoms in total. The predicted molar refractivity (Wildman–Crippen MR) is 130 cm³/mol. The van der Waals surface area contributed by atoms with Gasteiger partial charge in [0.05, 0.1) is 5.69 Å². The van der Waals surface area contributed by atoms with Crippen molar-refractivity contribution in [3.05, 3.63) is 66.2 Å². The summed E-state index contributed by atoms with van der Waals surface area (Å²) < 4.78 is 13.1. The Bertz CT molecular complexity index is 1330. The highest BCUT2D eigenvalue weighted by atomic mass is 16.6. The Balaban J connectivity index is 1.37.